The molecule has 0 N–H and O–H groups in total. The Morgan fingerprint density at radius 1 is 0.708 bits per heavy atom. The molecule has 0 saturated heterocycles. The monoisotopic (exact) mass is 340 g/mol. The SMILES string of the molecule is CCCCCCC(C)OC(=O)/C=C/C(=O)OC(C)CCCCCC. The van der Waals surface area contributed by atoms with Crippen LogP contribution in [0, 0.1) is 0 Å². The van der Waals surface area contributed by atoms with E-state index in [-0.39, 0.29) is 12.2 Å². The fourth-order valence-electron chi connectivity index (χ4n) is 2.45. The lowest BCUT2D eigenvalue weighted by Gasteiger charge is -2.12. The highest BCUT2D eigenvalue weighted by molar-refractivity contribution is 5.91. The summed E-state index contributed by atoms with van der Waals surface area (Å²) in [6, 6.07) is 0. The van der Waals surface area contributed by atoms with Crippen molar-refractivity contribution < 1.29 is 19.1 Å². The highest BCUT2D eigenvalue weighted by atomic mass is 16.5. The Balaban J connectivity index is 3.88. The second-order valence-electron chi connectivity index (χ2n) is 6.53. The molecule has 24 heavy (non-hydrogen) atoms. The van der Waals surface area contributed by atoms with Crippen molar-refractivity contribution in [3.8, 4) is 0 Å². The number of hydrogen-bond acceptors (Lipinski definition) is 4. The van der Waals surface area contributed by atoms with Crippen LogP contribution in [0.3, 0.4) is 0 Å². The first-order valence-electron chi connectivity index (χ1n) is 9.58. The molecule has 0 amide bonds. The van der Waals surface area contributed by atoms with Crippen molar-refractivity contribution in [1.82, 2.24) is 0 Å². The minimum atomic E-state index is -0.481. The molecule has 0 aromatic heterocycles. The molecule has 0 aliphatic carbocycles. The molecule has 0 radical (unpaired) electrons. The molecule has 0 spiro atoms. The number of unbranched alkanes of at least 4 members (excludes halogenated alkanes) is 6. The van der Waals surface area contributed by atoms with Crippen molar-refractivity contribution in [3.05, 3.63) is 12.2 Å². The maximum atomic E-state index is 11.7. The fourth-order valence-corrected chi connectivity index (χ4v) is 2.45. The first kappa shape index (κ1) is 22.7. The van der Waals surface area contributed by atoms with Gasteiger partial charge in [0.1, 0.15) is 0 Å². The molecule has 0 aromatic rings. The summed E-state index contributed by atoms with van der Waals surface area (Å²) >= 11 is 0. The van der Waals surface area contributed by atoms with Crippen molar-refractivity contribution in [2.45, 2.75) is 104 Å². The molecular formula is C20H36O4. The minimum absolute atomic E-state index is 0.118. The van der Waals surface area contributed by atoms with E-state index in [4.69, 9.17) is 9.47 Å². The van der Waals surface area contributed by atoms with Crippen LogP contribution in [-0.2, 0) is 19.1 Å². The van der Waals surface area contributed by atoms with E-state index in [0.29, 0.717) is 0 Å². The van der Waals surface area contributed by atoms with Crippen LogP contribution in [0.4, 0.5) is 0 Å². The third kappa shape index (κ3) is 14.3. The lowest BCUT2D eigenvalue weighted by molar-refractivity contribution is -0.145. The van der Waals surface area contributed by atoms with E-state index < -0.39 is 11.9 Å². The smallest absolute Gasteiger partial charge is 0.331 e. The standard InChI is InChI=1S/C20H36O4/c1-5-7-9-11-13-17(3)23-19(21)15-16-20(22)24-18(4)14-12-10-8-6-2/h15-18H,5-14H2,1-4H3/b16-15+. The molecule has 4 nitrogen and oxygen atoms in total. The summed E-state index contributed by atoms with van der Waals surface area (Å²) in [5, 5.41) is 0. The molecule has 140 valence electrons. The van der Waals surface area contributed by atoms with E-state index in [1.807, 2.05) is 13.8 Å². The number of hydrogen-bond donors (Lipinski definition) is 0. The first-order valence-corrected chi connectivity index (χ1v) is 9.58. The molecule has 0 aliphatic rings. The van der Waals surface area contributed by atoms with E-state index in [1.54, 1.807) is 0 Å². The summed E-state index contributed by atoms with van der Waals surface area (Å²) in [6.45, 7) is 8.10. The number of rotatable bonds is 14. The van der Waals surface area contributed by atoms with Crippen LogP contribution >= 0.6 is 0 Å². The summed E-state index contributed by atoms with van der Waals surface area (Å²) in [7, 11) is 0. The van der Waals surface area contributed by atoms with Gasteiger partial charge in [-0.15, -0.1) is 0 Å². The Labute approximate surface area is 148 Å². The Hall–Kier alpha value is -1.32. The quantitative estimate of drug-likeness (QED) is 0.243. The molecule has 0 rings (SSSR count). The second kappa shape index (κ2) is 15.2. The van der Waals surface area contributed by atoms with Gasteiger partial charge in [-0.25, -0.2) is 9.59 Å². The molecule has 0 bridgehead atoms. The summed E-state index contributed by atoms with van der Waals surface area (Å²) in [6.07, 6.45) is 13.1. The van der Waals surface area contributed by atoms with Crippen LogP contribution in [0.15, 0.2) is 12.2 Å². The van der Waals surface area contributed by atoms with Crippen molar-refractivity contribution in [2.24, 2.45) is 0 Å². The maximum Gasteiger partial charge on any atom is 0.331 e. The van der Waals surface area contributed by atoms with Gasteiger partial charge in [0.25, 0.3) is 0 Å². The van der Waals surface area contributed by atoms with Crippen LogP contribution in [0.2, 0.25) is 0 Å². The zero-order valence-electron chi connectivity index (χ0n) is 16.0. The number of esters is 2. The molecule has 0 saturated carbocycles. The molecule has 0 aliphatic heterocycles. The fraction of sp³-hybridized carbons (Fsp3) is 0.800. The van der Waals surface area contributed by atoms with E-state index in [0.717, 1.165) is 50.7 Å². The van der Waals surface area contributed by atoms with Crippen LogP contribution < -0.4 is 0 Å². The van der Waals surface area contributed by atoms with Crippen molar-refractivity contribution in [1.29, 1.82) is 0 Å². The van der Waals surface area contributed by atoms with Crippen molar-refractivity contribution in [2.75, 3.05) is 0 Å². The van der Waals surface area contributed by atoms with Gasteiger partial charge in [-0.1, -0.05) is 52.4 Å². The summed E-state index contributed by atoms with van der Waals surface area (Å²) < 4.78 is 10.5. The van der Waals surface area contributed by atoms with Gasteiger partial charge in [0.15, 0.2) is 0 Å². The highest BCUT2D eigenvalue weighted by Gasteiger charge is 2.09. The highest BCUT2D eigenvalue weighted by Crippen LogP contribution is 2.09. The molecule has 0 aromatic carbocycles. The minimum Gasteiger partial charge on any atom is -0.460 e. The van der Waals surface area contributed by atoms with Gasteiger partial charge in [-0.3, -0.25) is 0 Å². The normalized spacial score (nSPS) is 13.7. The van der Waals surface area contributed by atoms with Crippen LogP contribution in [-0.4, -0.2) is 24.1 Å². The lowest BCUT2D eigenvalue weighted by atomic mass is 10.1. The van der Waals surface area contributed by atoms with Crippen LogP contribution in [0.1, 0.15) is 91.9 Å². The van der Waals surface area contributed by atoms with Gasteiger partial charge in [0, 0.05) is 12.2 Å². The van der Waals surface area contributed by atoms with E-state index >= 15 is 0 Å². The molecular weight excluding hydrogens is 304 g/mol. The average molecular weight is 341 g/mol. The topological polar surface area (TPSA) is 52.6 Å². The van der Waals surface area contributed by atoms with Gasteiger partial charge < -0.3 is 9.47 Å². The van der Waals surface area contributed by atoms with Crippen LogP contribution in [0.5, 0.6) is 0 Å². The summed E-state index contributed by atoms with van der Waals surface area (Å²) in [4.78, 5) is 23.3. The second-order valence-corrected chi connectivity index (χ2v) is 6.53. The Morgan fingerprint density at radius 3 is 1.42 bits per heavy atom. The Morgan fingerprint density at radius 2 is 1.08 bits per heavy atom. The Kier molecular flexibility index (Phi) is 14.4. The van der Waals surface area contributed by atoms with E-state index in [9.17, 15) is 9.59 Å². The maximum absolute atomic E-state index is 11.7. The molecule has 0 heterocycles. The lowest BCUT2D eigenvalue weighted by Crippen LogP contribution is -2.15. The zero-order chi connectivity index (χ0) is 18.2. The van der Waals surface area contributed by atoms with Crippen molar-refractivity contribution >= 4 is 11.9 Å². The first-order chi connectivity index (χ1) is 11.5. The third-order valence-corrected chi connectivity index (χ3v) is 3.92. The Bertz CT molecular complexity index is 329. The van der Waals surface area contributed by atoms with E-state index in [1.165, 1.54) is 25.7 Å². The van der Waals surface area contributed by atoms with Gasteiger partial charge in [-0.05, 0) is 39.5 Å². The number of ether oxygens (including phenoxy) is 2. The van der Waals surface area contributed by atoms with Gasteiger partial charge in [0.2, 0.25) is 0 Å². The van der Waals surface area contributed by atoms with E-state index in [2.05, 4.69) is 13.8 Å². The summed E-state index contributed by atoms with van der Waals surface area (Å²) in [5.41, 5.74) is 0. The predicted octanol–water partition coefficient (Wildman–Crippen LogP) is 5.35. The predicted molar refractivity (Wildman–Crippen MR) is 97.8 cm³/mol. The van der Waals surface area contributed by atoms with Gasteiger partial charge in [-0.2, -0.15) is 0 Å². The number of carbonyl (C=O) groups is 2. The zero-order valence-corrected chi connectivity index (χ0v) is 16.0. The van der Waals surface area contributed by atoms with Gasteiger partial charge >= 0.3 is 11.9 Å². The summed E-state index contributed by atoms with van der Waals surface area (Å²) in [5.74, 6) is -0.962. The molecule has 4 heteroatoms. The van der Waals surface area contributed by atoms with Gasteiger partial charge in [0.05, 0.1) is 12.2 Å². The van der Waals surface area contributed by atoms with Crippen LogP contribution in [0.25, 0.3) is 0 Å². The largest absolute Gasteiger partial charge is 0.460 e. The molecule has 0 fully saturated rings. The van der Waals surface area contributed by atoms with Crippen molar-refractivity contribution in [3.63, 3.8) is 0 Å². The molecule has 2 atom stereocenters. The number of carbonyl (C=O) groups excluding carboxylic acids is 2. The average Bonchev–Trinajstić information content (AvgIpc) is 2.54. The third-order valence-electron chi connectivity index (χ3n) is 3.92. The molecule has 2 unspecified atom stereocenters.